The quantitative estimate of drug-likeness (QED) is 0.610. The zero-order chi connectivity index (χ0) is 13.8. The first-order valence-corrected chi connectivity index (χ1v) is 8.31. The lowest BCUT2D eigenvalue weighted by molar-refractivity contribution is 0.278. The van der Waals surface area contributed by atoms with Crippen LogP contribution in [0.15, 0.2) is 4.99 Å². The minimum absolute atomic E-state index is 0.0790. The summed E-state index contributed by atoms with van der Waals surface area (Å²) in [5.74, 6) is 1.31. The Balaban J connectivity index is 2.43. The maximum atomic E-state index is 11.6. The van der Waals surface area contributed by atoms with Crippen LogP contribution in [0.3, 0.4) is 0 Å². The van der Waals surface area contributed by atoms with Crippen LogP contribution in [0.1, 0.15) is 33.6 Å². The average Bonchev–Trinajstić information content (AvgIpc) is 2.29. The summed E-state index contributed by atoms with van der Waals surface area (Å²) in [5.41, 5.74) is 5.88. The Kier molecular flexibility index (Phi) is 5.44. The van der Waals surface area contributed by atoms with Crippen molar-refractivity contribution in [2.45, 2.75) is 38.9 Å². The van der Waals surface area contributed by atoms with Gasteiger partial charge in [0.15, 0.2) is 15.8 Å². The van der Waals surface area contributed by atoms with Gasteiger partial charge in [-0.3, -0.25) is 4.99 Å². The Morgan fingerprint density at radius 3 is 2.44 bits per heavy atom. The molecule has 5 nitrogen and oxygen atoms in total. The summed E-state index contributed by atoms with van der Waals surface area (Å²) in [4.78, 5) is 6.23. The Labute approximate surface area is 110 Å². The average molecular weight is 275 g/mol. The summed E-state index contributed by atoms with van der Waals surface area (Å²) in [7, 11) is -3.01. The molecular formula is C12H25N3O2S. The smallest absolute Gasteiger partial charge is 0.191 e. The molecule has 0 unspecified atom stereocenters. The van der Waals surface area contributed by atoms with Crippen LogP contribution in [-0.4, -0.2) is 49.9 Å². The third-order valence-corrected chi connectivity index (χ3v) is 5.66. The molecule has 0 atom stereocenters. The molecule has 1 fully saturated rings. The number of nitrogens with zero attached hydrogens (tertiary/aromatic N) is 2. The maximum absolute atomic E-state index is 11.6. The van der Waals surface area contributed by atoms with Crippen LogP contribution in [0.5, 0.6) is 0 Å². The van der Waals surface area contributed by atoms with Gasteiger partial charge in [0, 0.05) is 13.1 Å². The number of hydrogen-bond donors (Lipinski definition) is 1. The first-order valence-electron chi connectivity index (χ1n) is 6.59. The van der Waals surface area contributed by atoms with Gasteiger partial charge in [-0.1, -0.05) is 6.92 Å². The van der Waals surface area contributed by atoms with Gasteiger partial charge in [-0.15, -0.1) is 0 Å². The normalized spacial score (nSPS) is 19.6. The Hall–Kier alpha value is -0.780. The van der Waals surface area contributed by atoms with Crippen molar-refractivity contribution in [2.24, 2.45) is 16.6 Å². The summed E-state index contributed by atoms with van der Waals surface area (Å²) >= 11 is 0. The second-order valence-corrected chi connectivity index (χ2v) is 8.00. The Morgan fingerprint density at radius 2 is 1.94 bits per heavy atom. The monoisotopic (exact) mass is 275 g/mol. The van der Waals surface area contributed by atoms with E-state index in [0.29, 0.717) is 5.96 Å². The SMILES string of the molecule is CC1CCN(C(N)=NCCS(=O)(=O)C(C)C)CC1. The van der Waals surface area contributed by atoms with E-state index in [4.69, 9.17) is 5.73 Å². The lowest BCUT2D eigenvalue weighted by Gasteiger charge is -2.31. The number of nitrogens with two attached hydrogens (primary N) is 1. The second-order valence-electron chi connectivity index (χ2n) is 5.33. The molecule has 1 aliphatic rings. The van der Waals surface area contributed by atoms with E-state index in [1.807, 2.05) is 4.90 Å². The molecule has 1 rings (SSSR count). The highest BCUT2D eigenvalue weighted by Gasteiger charge is 2.18. The van der Waals surface area contributed by atoms with E-state index in [0.717, 1.165) is 31.8 Å². The standard InChI is InChI=1S/C12H25N3O2S/c1-10(2)18(16,17)9-6-14-12(13)15-7-4-11(3)5-8-15/h10-11H,4-9H2,1-3H3,(H2,13,14). The topological polar surface area (TPSA) is 75.8 Å². The Morgan fingerprint density at radius 1 is 1.39 bits per heavy atom. The van der Waals surface area contributed by atoms with Crippen molar-refractivity contribution < 1.29 is 8.42 Å². The Bertz CT molecular complexity index is 382. The first-order chi connectivity index (χ1) is 8.33. The highest BCUT2D eigenvalue weighted by atomic mass is 32.2. The number of likely N-dealkylation sites (tertiary alicyclic amines) is 1. The van der Waals surface area contributed by atoms with Crippen LogP contribution in [0.2, 0.25) is 0 Å². The first kappa shape index (κ1) is 15.3. The van der Waals surface area contributed by atoms with Gasteiger partial charge >= 0.3 is 0 Å². The molecule has 0 radical (unpaired) electrons. The number of rotatable bonds is 4. The number of piperidine rings is 1. The summed E-state index contributed by atoms with van der Waals surface area (Å²) in [5, 5.41) is -0.343. The lowest BCUT2D eigenvalue weighted by atomic mass is 10.00. The molecule has 6 heteroatoms. The van der Waals surface area contributed by atoms with Gasteiger partial charge in [-0.25, -0.2) is 8.42 Å². The highest BCUT2D eigenvalue weighted by molar-refractivity contribution is 7.92. The molecule has 0 aliphatic carbocycles. The highest BCUT2D eigenvalue weighted by Crippen LogP contribution is 2.15. The number of sulfone groups is 1. The van der Waals surface area contributed by atoms with Gasteiger partial charge in [0.25, 0.3) is 0 Å². The van der Waals surface area contributed by atoms with Gasteiger partial charge in [-0.05, 0) is 32.6 Å². The summed E-state index contributed by atoms with van der Waals surface area (Å²) in [6, 6.07) is 0. The predicted molar refractivity (Wildman–Crippen MR) is 75.4 cm³/mol. The minimum Gasteiger partial charge on any atom is -0.370 e. The van der Waals surface area contributed by atoms with Crippen molar-refractivity contribution >= 4 is 15.8 Å². The zero-order valence-corrected chi connectivity index (χ0v) is 12.4. The molecule has 0 bridgehead atoms. The summed E-state index contributed by atoms with van der Waals surface area (Å²) in [6.07, 6.45) is 2.25. The van der Waals surface area contributed by atoms with Crippen molar-refractivity contribution in [2.75, 3.05) is 25.4 Å². The van der Waals surface area contributed by atoms with Crippen molar-refractivity contribution in [3.8, 4) is 0 Å². The van der Waals surface area contributed by atoms with Crippen LogP contribution in [0.4, 0.5) is 0 Å². The van der Waals surface area contributed by atoms with Crippen molar-refractivity contribution in [1.82, 2.24) is 4.90 Å². The van der Waals surface area contributed by atoms with E-state index < -0.39 is 9.84 Å². The molecule has 2 N–H and O–H groups in total. The largest absolute Gasteiger partial charge is 0.370 e. The van der Waals surface area contributed by atoms with Crippen molar-refractivity contribution in [3.05, 3.63) is 0 Å². The summed E-state index contributed by atoms with van der Waals surface area (Å²) in [6.45, 7) is 7.72. The number of aliphatic imine (C=N–C) groups is 1. The van der Waals surface area contributed by atoms with E-state index in [1.165, 1.54) is 0 Å². The number of hydrogen-bond acceptors (Lipinski definition) is 3. The van der Waals surface area contributed by atoms with Crippen LogP contribution in [0, 0.1) is 5.92 Å². The third kappa shape index (κ3) is 4.48. The van der Waals surface area contributed by atoms with E-state index in [-0.39, 0.29) is 17.5 Å². The molecule has 0 aromatic heterocycles. The molecule has 1 saturated heterocycles. The summed E-state index contributed by atoms with van der Waals surface area (Å²) < 4.78 is 23.2. The van der Waals surface area contributed by atoms with E-state index in [2.05, 4.69) is 11.9 Å². The second kappa shape index (κ2) is 6.41. The molecule has 18 heavy (non-hydrogen) atoms. The predicted octanol–water partition coefficient (Wildman–Crippen LogP) is 0.856. The molecular weight excluding hydrogens is 250 g/mol. The van der Waals surface area contributed by atoms with Gasteiger partial charge in [-0.2, -0.15) is 0 Å². The third-order valence-electron chi connectivity index (χ3n) is 3.48. The fourth-order valence-electron chi connectivity index (χ4n) is 1.86. The molecule has 1 heterocycles. The molecule has 0 saturated carbocycles. The van der Waals surface area contributed by atoms with E-state index >= 15 is 0 Å². The molecule has 0 spiro atoms. The van der Waals surface area contributed by atoms with Crippen molar-refractivity contribution in [1.29, 1.82) is 0 Å². The zero-order valence-electron chi connectivity index (χ0n) is 11.6. The fraction of sp³-hybridized carbons (Fsp3) is 0.917. The van der Waals surface area contributed by atoms with Gasteiger partial charge in [0.2, 0.25) is 0 Å². The van der Waals surface area contributed by atoms with Crippen LogP contribution >= 0.6 is 0 Å². The van der Waals surface area contributed by atoms with Crippen molar-refractivity contribution in [3.63, 3.8) is 0 Å². The molecule has 0 amide bonds. The molecule has 1 aliphatic heterocycles. The number of guanidine groups is 1. The minimum atomic E-state index is -3.01. The van der Waals surface area contributed by atoms with E-state index in [9.17, 15) is 8.42 Å². The molecule has 0 aromatic carbocycles. The van der Waals surface area contributed by atoms with Crippen LogP contribution in [-0.2, 0) is 9.84 Å². The van der Waals surface area contributed by atoms with E-state index in [1.54, 1.807) is 13.8 Å². The van der Waals surface area contributed by atoms with Gasteiger partial charge < -0.3 is 10.6 Å². The van der Waals surface area contributed by atoms with Crippen LogP contribution in [0.25, 0.3) is 0 Å². The fourth-order valence-corrected chi connectivity index (χ4v) is 2.68. The molecule has 106 valence electrons. The lowest BCUT2D eigenvalue weighted by Crippen LogP contribution is -2.42. The maximum Gasteiger partial charge on any atom is 0.191 e. The van der Waals surface area contributed by atoms with Gasteiger partial charge in [0.05, 0.1) is 17.5 Å². The van der Waals surface area contributed by atoms with Gasteiger partial charge in [0.1, 0.15) is 0 Å². The van der Waals surface area contributed by atoms with Crippen LogP contribution < -0.4 is 5.73 Å². The molecule has 0 aromatic rings.